The smallest absolute Gasteiger partial charge is 0.336 e. The summed E-state index contributed by atoms with van der Waals surface area (Å²) in [6, 6.07) is 5.97. The summed E-state index contributed by atoms with van der Waals surface area (Å²) in [6.45, 7) is 1.95. The number of carboxylic acids is 1. The molecule has 0 aliphatic carbocycles. The SMILES string of the molecule is CC[C@H](NC(=O)c1ccccc1C(=O)O)c1cnn(C)c1. The van der Waals surface area contributed by atoms with Crippen molar-refractivity contribution in [3.05, 3.63) is 53.3 Å². The molecule has 0 bridgehead atoms. The van der Waals surface area contributed by atoms with Crippen LogP contribution in [-0.2, 0) is 7.05 Å². The largest absolute Gasteiger partial charge is 0.478 e. The van der Waals surface area contributed by atoms with E-state index >= 15 is 0 Å². The zero-order chi connectivity index (χ0) is 15.4. The summed E-state index contributed by atoms with van der Waals surface area (Å²) >= 11 is 0. The number of aryl methyl sites for hydroxylation is 1. The van der Waals surface area contributed by atoms with Gasteiger partial charge in [-0.15, -0.1) is 0 Å². The minimum Gasteiger partial charge on any atom is -0.478 e. The van der Waals surface area contributed by atoms with Gasteiger partial charge in [-0.1, -0.05) is 19.1 Å². The van der Waals surface area contributed by atoms with E-state index in [1.54, 1.807) is 30.1 Å². The maximum atomic E-state index is 12.3. The van der Waals surface area contributed by atoms with E-state index in [-0.39, 0.29) is 17.2 Å². The van der Waals surface area contributed by atoms with Crippen LogP contribution in [0.15, 0.2) is 36.7 Å². The van der Waals surface area contributed by atoms with Crippen molar-refractivity contribution in [2.75, 3.05) is 0 Å². The highest BCUT2D eigenvalue weighted by molar-refractivity contribution is 6.04. The van der Waals surface area contributed by atoms with Gasteiger partial charge in [-0.25, -0.2) is 4.79 Å². The number of aromatic nitrogens is 2. The van der Waals surface area contributed by atoms with E-state index < -0.39 is 11.9 Å². The number of carbonyl (C=O) groups is 2. The van der Waals surface area contributed by atoms with Crippen LogP contribution in [0.2, 0.25) is 0 Å². The molecule has 0 aliphatic rings. The minimum atomic E-state index is -1.12. The van der Waals surface area contributed by atoms with Crippen molar-refractivity contribution in [1.82, 2.24) is 15.1 Å². The summed E-state index contributed by atoms with van der Waals surface area (Å²) in [7, 11) is 1.80. The third kappa shape index (κ3) is 3.28. The summed E-state index contributed by atoms with van der Waals surface area (Å²) in [5.74, 6) is -1.51. The first-order valence-corrected chi connectivity index (χ1v) is 6.64. The van der Waals surface area contributed by atoms with E-state index in [1.165, 1.54) is 12.1 Å². The normalized spacial score (nSPS) is 11.9. The second kappa shape index (κ2) is 6.21. The topological polar surface area (TPSA) is 84.2 Å². The summed E-state index contributed by atoms with van der Waals surface area (Å²) in [5, 5.41) is 16.1. The number of benzene rings is 1. The van der Waals surface area contributed by atoms with Gasteiger partial charge in [0.1, 0.15) is 0 Å². The monoisotopic (exact) mass is 287 g/mol. The highest BCUT2D eigenvalue weighted by Crippen LogP contribution is 2.17. The van der Waals surface area contributed by atoms with Crippen molar-refractivity contribution in [3.63, 3.8) is 0 Å². The van der Waals surface area contributed by atoms with Gasteiger partial charge >= 0.3 is 5.97 Å². The molecule has 0 fully saturated rings. The minimum absolute atomic E-state index is 0.00367. The van der Waals surface area contributed by atoms with Gasteiger partial charge in [0.2, 0.25) is 0 Å². The molecule has 1 heterocycles. The summed E-state index contributed by atoms with van der Waals surface area (Å²) < 4.78 is 1.66. The lowest BCUT2D eigenvalue weighted by Gasteiger charge is -2.16. The van der Waals surface area contributed by atoms with E-state index in [2.05, 4.69) is 10.4 Å². The molecule has 1 aromatic heterocycles. The number of nitrogens with zero attached hydrogens (tertiary/aromatic N) is 2. The van der Waals surface area contributed by atoms with Gasteiger partial charge in [0.15, 0.2) is 0 Å². The molecule has 0 saturated heterocycles. The van der Waals surface area contributed by atoms with Crippen LogP contribution in [0.5, 0.6) is 0 Å². The third-order valence-electron chi connectivity index (χ3n) is 3.24. The van der Waals surface area contributed by atoms with Gasteiger partial charge in [-0.3, -0.25) is 9.48 Å². The van der Waals surface area contributed by atoms with E-state index in [4.69, 9.17) is 5.11 Å². The van der Waals surface area contributed by atoms with Crippen LogP contribution in [0.3, 0.4) is 0 Å². The van der Waals surface area contributed by atoms with Crippen LogP contribution < -0.4 is 5.32 Å². The molecule has 6 nitrogen and oxygen atoms in total. The molecule has 2 aromatic rings. The van der Waals surface area contributed by atoms with Crippen LogP contribution >= 0.6 is 0 Å². The maximum Gasteiger partial charge on any atom is 0.336 e. The van der Waals surface area contributed by atoms with Crippen molar-refractivity contribution in [3.8, 4) is 0 Å². The fourth-order valence-corrected chi connectivity index (χ4v) is 2.14. The second-order valence-corrected chi connectivity index (χ2v) is 4.73. The molecule has 0 spiro atoms. The van der Waals surface area contributed by atoms with Crippen LogP contribution in [-0.4, -0.2) is 26.8 Å². The van der Waals surface area contributed by atoms with Crippen molar-refractivity contribution in [2.24, 2.45) is 7.05 Å². The molecular formula is C15H17N3O3. The molecule has 1 aromatic carbocycles. The average molecular weight is 287 g/mol. The molecule has 110 valence electrons. The molecule has 1 atom stereocenters. The highest BCUT2D eigenvalue weighted by Gasteiger charge is 2.19. The number of amides is 1. The van der Waals surface area contributed by atoms with Crippen LogP contribution in [0.1, 0.15) is 45.7 Å². The molecule has 0 saturated carbocycles. The van der Waals surface area contributed by atoms with Crippen LogP contribution in [0, 0.1) is 0 Å². The predicted octanol–water partition coefficient (Wildman–Crippen LogP) is 2.00. The van der Waals surface area contributed by atoms with Gasteiger partial charge < -0.3 is 10.4 Å². The Balaban J connectivity index is 2.22. The Morgan fingerprint density at radius 1 is 1.33 bits per heavy atom. The Kier molecular flexibility index (Phi) is 4.37. The zero-order valence-corrected chi connectivity index (χ0v) is 11.9. The lowest BCUT2D eigenvalue weighted by molar-refractivity contribution is 0.0690. The Bertz CT molecular complexity index is 664. The Morgan fingerprint density at radius 3 is 2.52 bits per heavy atom. The van der Waals surface area contributed by atoms with E-state index in [9.17, 15) is 9.59 Å². The summed E-state index contributed by atoms with van der Waals surface area (Å²) in [4.78, 5) is 23.5. The second-order valence-electron chi connectivity index (χ2n) is 4.73. The predicted molar refractivity (Wildman–Crippen MR) is 77.1 cm³/mol. The first kappa shape index (κ1) is 14.8. The van der Waals surface area contributed by atoms with E-state index in [0.717, 1.165) is 5.56 Å². The van der Waals surface area contributed by atoms with E-state index in [0.29, 0.717) is 6.42 Å². The van der Waals surface area contributed by atoms with Crippen molar-refractivity contribution in [2.45, 2.75) is 19.4 Å². The first-order chi connectivity index (χ1) is 10.0. The molecule has 2 N–H and O–H groups in total. The van der Waals surface area contributed by atoms with Crippen molar-refractivity contribution < 1.29 is 14.7 Å². The average Bonchev–Trinajstić information content (AvgIpc) is 2.90. The first-order valence-electron chi connectivity index (χ1n) is 6.64. The van der Waals surface area contributed by atoms with Gasteiger partial charge in [-0.2, -0.15) is 5.10 Å². The van der Waals surface area contributed by atoms with Crippen LogP contribution in [0.4, 0.5) is 0 Å². The third-order valence-corrected chi connectivity index (χ3v) is 3.24. The van der Waals surface area contributed by atoms with Gasteiger partial charge in [-0.05, 0) is 18.6 Å². The Morgan fingerprint density at radius 2 is 2.00 bits per heavy atom. The van der Waals surface area contributed by atoms with Crippen LogP contribution in [0.25, 0.3) is 0 Å². The molecule has 0 radical (unpaired) electrons. The molecule has 0 aliphatic heterocycles. The number of carbonyl (C=O) groups excluding carboxylic acids is 1. The zero-order valence-electron chi connectivity index (χ0n) is 11.9. The highest BCUT2D eigenvalue weighted by atomic mass is 16.4. The molecule has 2 rings (SSSR count). The number of hydrogen-bond acceptors (Lipinski definition) is 3. The van der Waals surface area contributed by atoms with Gasteiger partial charge in [0.05, 0.1) is 23.4 Å². The standard InChI is InChI=1S/C15H17N3O3/c1-3-13(10-8-16-18(2)9-10)17-14(19)11-6-4-5-7-12(11)15(20)21/h4-9,13H,3H2,1-2H3,(H,17,19)(H,20,21)/t13-/m0/s1. The number of carboxylic acid groups (broad SMARTS) is 1. The Labute approximate surface area is 122 Å². The molecule has 21 heavy (non-hydrogen) atoms. The summed E-state index contributed by atoms with van der Waals surface area (Å²) in [6.07, 6.45) is 4.21. The quantitative estimate of drug-likeness (QED) is 0.881. The van der Waals surface area contributed by atoms with Crippen molar-refractivity contribution in [1.29, 1.82) is 0 Å². The van der Waals surface area contributed by atoms with Gasteiger partial charge in [0.25, 0.3) is 5.91 Å². The van der Waals surface area contributed by atoms with Gasteiger partial charge in [0, 0.05) is 18.8 Å². The molecule has 0 unspecified atom stereocenters. The molecule has 1 amide bonds. The lowest BCUT2D eigenvalue weighted by Crippen LogP contribution is -2.29. The molecular weight excluding hydrogens is 270 g/mol. The lowest BCUT2D eigenvalue weighted by atomic mass is 10.0. The number of rotatable bonds is 5. The number of nitrogens with one attached hydrogen (secondary N) is 1. The number of aromatic carboxylic acids is 1. The fourth-order valence-electron chi connectivity index (χ4n) is 2.14. The molecule has 6 heteroatoms. The van der Waals surface area contributed by atoms with Crippen molar-refractivity contribution >= 4 is 11.9 Å². The van der Waals surface area contributed by atoms with E-state index in [1.807, 2.05) is 13.1 Å². The maximum absolute atomic E-state index is 12.3. The Hall–Kier alpha value is -2.63. The number of hydrogen-bond donors (Lipinski definition) is 2. The fraction of sp³-hybridized carbons (Fsp3) is 0.267. The summed E-state index contributed by atoms with van der Waals surface area (Å²) in [5.41, 5.74) is 1.05.